The molecule has 0 heterocycles. The predicted octanol–water partition coefficient (Wildman–Crippen LogP) is 2.37. The van der Waals surface area contributed by atoms with Gasteiger partial charge in [-0.1, -0.05) is 0 Å². The molecule has 0 radical (unpaired) electrons. The maximum absolute atomic E-state index is 12.6. The van der Waals surface area contributed by atoms with Crippen LogP contribution in [0.5, 0.6) is 0 Å². The molecule has 3 rings (SSSR count). The van der Waals surface area contributed by atoms with Gasteiger partial charge in [0.05, 0.1) is 0 Å². The molecule has 0 bridgehead atoms. The Morgan fingerprint density at radius 1 is 0.750 bits per heavy atom. The van der Waals surface area contributed by atoms with Crippen molar-refractivity contribution in [2.45, 2.75) is 6.92 Å². The summed E-state index contributed by atoms with van der Waals surface area (Å²) in [5, 5.41) is 0. The molecule has 2 aromatic carbocycles. The van der Waals surface area contributed by atoms with Crippen molar-refractivity contribution in [1.29, 1.82) is 0 Å². The minimum absolute atomic E-state index is 0.00349. The molecule has 1 aliphatic rings. The number of rotatable bonds is 2. The van der Waals surface area contributed by atoms with E-state index in [1.54, 1.807) is 25.1 Å². The van der Waals surface area contributed by atoms with Gasteiger partial charge in [0.1, 0.15) is 0 Å². The molecule has 2 aromatic rings. The summed E-state index contributed by atoms with van der Waals surface area (Å²) in [5.41, 5.74) is 1.72. The first-order valence-corrected chi connectivity index (χ1v) is 8.63. The fourth-order valence-electron chi connectivity index (χ4n) is 2.21. The normalized spacial score (nSPS) is 14.4. The van der Waals surface area contributed by atoms with E-state index in [4.69, 9.17) is 0 Å². The van der Waals surface area contributed by atoms with Gasteiger partial charge in [-0.15, -0.1) is 0 Å². The van der Waals surface area contributed by atoms with Crippen LogP contribution in [0.2, 0.25) is 0 Å². The topological polar surface area (TPSA) is 34.1 Å². The van der Waals surface area contributed by atoms with E-state index in [9.17, 15) is 9.59 Å². The van der Waals surface area contributed by atoms with Crippen molar-refractivity contribution in [3.63, 3.8) is 0 Å². The van der Waals surface area contributed by atoms with E-state index in [-0.39, 0.29) is 11.6 Å². The Morgan fingerprint density at radius 2 is 1.30 bits per heavy atom. The van der Waals surface area contributed by atoms with Crippen LogP contribution in [0.3, 0.4) is 0 Å². The Kier molecular flexibility index (Phi) is 3.56. The van der Waals surface area contributed by atoms with Gasteiger partial charge < -0.3 is 0 Å². The van der Waals surface area contributed by atoms with E-state index < -0.39 is 20.9 Å². The SMILES string of the molecule is CC1=C([Te]c2ccccc2)C(=O)c2ccccc2C1=O. The van der Waals surface area contributed by atoms with Gasteiger partial charge in [0.25, 0.3) is 0 Å². The Bertz CT molecular complexity index is 730. The van der Waals surface area contributed by atoms with Crippen LogP contribution in [-0.2, 0) is 0 Å². The molecule has 20 heavy (non-hydrogen) atoms. The minimum atomic E-state index is -0.823. The summed E-state index contributed by atoms with van der Waals surface area (Å²) in [6.45, 7) is 1.78. The van der Waals surface area contributed by atoms with Crippen molar-refractivity contribution in [2.75, 3.05) is 0 Å². The molecule has 0 N–H and O–H groups in total. The summed E-state index contributed by atoms with van der Waals surface area (Å²) in [4.78, 5) is 25.0. The fraction of sp³-hybridized carbons (Fsp3) is 0.0588. The molecule has 98 valence electrons. The summed E-state index contributed by atoms with van der Waals surface area (Å²) in [7, 11) is 0. The number of benzene rings is 2. The maximum atomic E-state index is 12.6. The number of carbonyl (C=O) groups is 2. The van der Waals surface area contributed by atoms with Crippen molar-refractivity contribution in [3.05, 3.63) is 74.9 Å². The number of hydrogen-bond acceptors (Lipinski definition) is 2. The second-order valence-corrected chi connectivity index (χ2v) is 7.67. The molecule has 0 aliphatic heterocycles. The second-order valence-electron chi connectivity index (χ2n) is 4.57. The average molecular weight is 376 g/mol. The van der Waals surface area contributed by atoms with Crippen LogP contribution in [-0.4, -0.2) is 32.5 Å². The number of ketones is 2. The fourth-order valence-corrected chi connectivity index (χ4v) is 5.00. The molecule has 3 heteroatoms. The Labute approximate surface area is 127 Å². The van der Waals surface area contributed by atoms with Crippen LogP contribution in [0.25, 0.3) is 0 Å². The van der Waals surface area contributed by atoms with Crippen LogP contribution >= 0.6 is 0 Å². The monoisotopic (exact) mass is 378 g/mol. The van der Waals surface area contributed by atoms with Crippen LogP contribution in [0.15, 0.2) is 63.8 Å². The summed E-state index contributed by atoms with van der Waals surface area (Å²) < 4.78 is 1.91. The number of Topliss-reactive ketones (excluding diaryl/α,β-unsaturated/α-hetero) is 2. The van der Waals surface area contributed by atoms with Gasteiger partial charge in [-0.25, -0.2) is 0 Å². The summed E-state index contributed by atoms with van der Waals surface area (Å²) in [6.07, 6.45) is 0. The molecule has 0 fully saturated rings. The predicted molar refractivity (Wildman–Crippen MR) is 79.6 cm³/mol. The molecule has 0 saturated carbocycles. The standard InChI is InChI=1S/C17H12O2Te/c1-11-15(18)13-9-5-6-10-14(13)16(19)17(11)20-12-7-3-2-4-8-12/h2-10H,1H3. The van der Waals surface area contributed by atoms with Gasteiger partial charge in [0.2, 0.25) is 0 Å². The van der Waals surface area contributed by atoms with Gasteiger partial charge in [0.15, 0.2) is 0 Å². The molecule has 0 aromatic heterocycles. The van der Waals surface area contributed by atoms with Crippen molar-refractivity contribution in [2.24, 2.45) is 0 Å². The molecular weight excluding hydrogens is 364 g/mol. The van der Waals surface area contributed by atoms with E-state index in [0.29, 0.717) is 16.7 Å². The third-order valence-electron chi connectivity index (χ3n) is 3.27. The molecular formula is C17H12O2Te. The average Bonchev–Trinajstić information content (AvgIpc) is 2.50. The second kappa shape index (κ2) is 5.36. The molecule has 0 saturated heterocycles. The zero-order chi connectivity index (χ0) is 14.1. The van der Waals surface area contributed by atoms with Crippen molar-refractivity contribution in [3.8, 4) is 0 Å². The number of hydrogen-bond donors (Lipinski definition) is 0. The van der Waals surface area contributed by atoms with Gasteiger partial charge in [0, 0.05) is 0 Å². The van der Waals surface area contributed by atoms with E-state index >= 15 is 0 Å². The Hall–Kier alpha value is -1.69. The molecule has 1 aliphatic carbocycles. The molecule has 2 nitrogen and oxygen atoms in total. The zero-order valence-corrected chi connectivity index (χ0v) is 13.3. The van der Waals surface area contributed by atoms with Gasteiger partial charge >= 0.3 is 128 Å². The van der Waals surface area contributed by atoms with Gasteiger partial charge in [-0.3, -0.25) is 0 Å². The first-order valence-electron chi connectivity index (χ1n) is 6.30. The van der Waals surface area contributed by atoms with E-state index in [1.807, 2.05) is 36.4 Å². The molecule has 0 spiro atoms. The number of fused-ring (bicyclic) bond motifs is 1. The first-order chi connectivity index (χ1) is 9.68. The summed E-state index contributed by atoms with van der Waals surface area (Å²) in [6, 6.07) is 17.1. The summed E-state index contributed by atoms with van der Waals surface area (Å²) in [5.74, 6) is 0.0279. The van der Waals surface area contributed by atoms with Crippen molar-refractivity contribution >= 4 is 36.1 Å². The van der Waals surface area contributed by atoms with Gasteiger partial charge in [-0.05, 0) is 0 Å². The number of carbonyl (C=O) groups excluding carboxylic acids is 2. The van der Waals surface area contributed by atoms with Gasteiger partial charge in [-0.2, -0.15) is 0 Å². The third-order valence-corrected chi connectivity index (χ3v) is 6.70. The van der Waals surface area contributed by atoms with E-state index in [2.05, 4.69) is 0 Å². The quantitative estimate of drug-likeness (QED) is 0.755. The van der Waals surface area contributed by atoms with Crippen LogP contribution in [0, 0.1) is 0 Å². The Balaban J connectivity index is 2.06. The van der Waals surface area contributed by atoms with Crippen LogP contribution in [0.1, 0.15) is 27.6 Å². The molecule has 0 amide bonds. The first kappa shape index (κ1) is 13.3. The zero-order valence-electron chi connectivity index (χ0n) is 10.9. The van der Waals surface area contributed by atoms with Crippen LogP contribution in [0.4, 0.5) is 0 Å². The molecule has 0 atom stereocenters. The van der Waals surface area contributed by atoms with Crippen LogP contribution < -0.4 is 3.61 Å². The molecule has 0 unspecified atom stereocenters. The van der Waals surface area contributed by atoms with Crippen molar-refractivity contribution in [1.82, 2.24) is 0 Å². The van der Waals surface area contributed by atoms with E-state index in [0.717, 1.165) is 3.62 Å². The number of allylic oxidation sites excluding steroid dienone is 2. The third kappa shape index (κ3) is 2.24. The van der Waals surface area contributed by atoms with E-state index in [1.165, 1.54) is 3.61 Å². The Morgan fingerprint density at radius 3 is 1.95 bits per heavy atom. The van der Waals surface area contributed by atoms with Crippen molar-refractivity contribution < 1.29 is 9.59 Å². The summed E-state index contributed by atoms with van der Waals surface area (Å²) >= 11 is -0.823.